The van der Waals surface area contributed by atoms with Gasteiger partial charge in [0.05, 0.1) is 27.8 Å². The minimum Gasteiger partial charge on any atom is -0.310 e. The van der Waals surface area contributed by atoms with Gasteiger partial charge in [0.1, 0.15) is 0 Å². The van der Waals surface area contributed by atoms with E-state index in [1.54, 1.807) is 0 Å². The first-order valence-electron chi connectivity index (χ1n) is 23.4. The zero-order valence-corrected chi connectivity index (χ0v) is 37.6. The normalized spacial score (nSPS) is 11.6. The first-order chi connectivity index (χ1) is 33.6. The number of hydrogen-bond donors (Lipinski definition) is 0. The van der Waals surface area contributed by atoms with E-state index in [1.807, 2.05) is 0 Å². The summed E-state index contributed by atoms with van der Waals surface area (Å²) in [6, 6.07) is 93.0. The van der Waals surface area contributed by atoms with Crippen LogP contribution in [0.3, 0.4) is 0 Å². The Hall–Kier alpha value is -8.92. The van der Waals surface area contributed by atoms with Gasteiger partial charge in [0.25, 0.3) is 0 Å². The maximum absolute atomic E-state index is 2.40. The predicted molar refractivity (Wildman–Crippen MR) is 288 cm³/mol. The van der Waals surface area contributed by atoms with E-state index in [9.17, 15) is 0 Å². The molecule has 0 bridgehead atoms. The largest absolute Gasteiger partial charge is 0.310 e. The van der Waals surface area contributed by atoms with Crippen molar-refractivity contribution < 1.29 is 0 Å². The summed E-state index contributed by atoms with van der Waals surface area (Å²) in [6.07, 6.45) is 0. The third-order valence-corrected chi connectivity index (χ3v) is 13.8. The lowest BCUT2D eigenvalue weighted by atomic mass is 9.98. The molecule has 0 radical (unpaired) electrons. The van der Waals surface area contributed by atoms with E-state index in [0.29, 0.717) is 0 Å². The van der Waals surface area contributed by atoms with Crippen molar-refractivity contribution in [1.82, 2.24) is 9.13 Å². The summed E-state index contributed by atoms with van der Waals surface area (Å²) >= 11 is 0. The molecule has 68 heavy (non-hydrogen) atoms. The quantitative estimate of drug-likeness (QED) is 0.148. The van der Waals surface area contributed by atoms with Crippen LogP contribution in [0, 0.1) is 6.92 Å². The van der Waals surface area contributed by atoms with Crippen molar-refractivity contribution in [3.63, 3.8) is 0 Å². The Morgan fingerprint density at radius 2 is 0.676 bits per heavy atom. The molecule has 13 aromatic rings. The zero-order chi connectivity index (χ0) is 45.1. The molecule has 0 spiro atoms. The molecule has 2 heterocycles. The van der Waals surface area contributed by atoms with Gasteiger partial charge in [-0.05, 0) is 137 Å². The van der Waals surface area contributed by atoms with Crippen LogP contribution < -0.4 is 4.90 Å². The Morgan fingerprint density at radius 1 is 0.279 bits per heavy atom. The van der Waals surface area contributed by atoms with Gasteiger partial charge in [-0.1, -0.05) is 169 Å². The molecule has 0 saturated carbocycles. The fourth-order valence-electron chi connectivity index (χ4n) is 10.4. The molecule has 13 rings (SSSR count). The molecule has 0 aliphatic heterocycles. The second kappa shape index (κ2) is 16.2. The molecule has 0 fully saturated rings. The summed E-state index contributed by atoms with van der Waals surface area (Å²) in [5, 5.41) is 7.45. The Labute approximate surface area is 395 Å². The average Bonchev–Trinajstić information content (AvgIpc) is 3.92. The molecule has 3 nitrogen and oxygen atoms in total. The third kappa shape index (κ3) is 6.67. The van der Waals surface area contributed by atoms with Crippen molar-refractivity contribution in [1.29, 1.82) is 0 Å². The SMILES string of the molecule is Cc1ccc(N(c2ccc(-c3ccc(-n4c5ccccc5c5cc(-c6ccc(-c7ccc8c(c7)c7ccccc7n8-c7ccccc7)cc6)ccc54)cc3)cc2)c2cccc3ccccc23)cc1. The molecule has 11 aromatic carbocycles. The van der Waals surface area contributed by atoms with Crippen LogP contribution >= 0.6 is 0 Å². The van der Waals surface area contributed by atoms with Crippen LogP contribution in [0.25, 0.3) is 99.1 Å². The average molecular weight is 868 g/mol. The van der Waals surface area contributed by atoms with Crippen LogP contribution in [0.4, 0.5) is 17.1 Å². The topological polar surface area (TPSA) is 13.1 Å². The summed E-state index contributed by atoms with van der Waals surface area (Å²) in [7, 11) is 0. The number of benzene rings is 11. The van der Waals surface area contributed by atoms with Crippen LogP contribution in [-0.4, -0.2) is 9.13 Å². The van der Waals surface area contributed by atoms with Crippen molar-refractivity contribution in [3.05, 3.63) is 260 Å². The van der Waals surface area contributed by atoms with E-state index in [1.165, 1.54) is 99.0 Å². The highest BCUT2D eigenvalue weighted by atomic mass is 15.1. The van der Waals surface area contributed by atoms with Crippen LogP contribution in [0.1, 0.15) is 5.56 Å². The minimum absolute atomic E-state index is 1.12. The highest BCUT2D eigenvalue weighted by Crippen LogP contribution is 2.41. The van der Waals surface area contributed by atoms with E-state index in [4.69, 9.17) is 0 Å². The molecule has 0 amide bonds. The third-order valence-electron chi connectivity index (χ3n) is 13.8. The van der Waals surface area contributed by atoms with E-state index in [0.717, 1.165) is 22.7 Å². The zero-order valence-electron chi connectivity index (χ0n) is 37.6. The maximum Gasteiger partial charge on any atom is 0.0541 e. The van der Waals surface area contributed by atoms with Gasteiger partial charge in [-0.15, -0.1) is 0 Å². The van der Waals surface area contributed by atoms with E-state index in [-0.39, 0.29) is 0 Å². The van der Waals surface area contributed by atoms with Crippen LogP contribution in [-0.2, 0) is 0 Å². The maximum atomic E-state index is 2.40. The van der Waals surface area contributed by atoms with Crippen molar-refractivity contribution in [2.45, 2.75) is 6.92 Å². The number of aryl methyl sites for hydroxylation is 1. The van der Waals surface area contributed by atoms with E-state index < -0.39 is 0 Å². The summed E-state index contributed by atoms with van der Waals surface area (Å²) in [5.74, 6) is 0. The van der Waals surface area contributed by atoms with Crippen LogP contribution in [0.2, 0.25) is 0 Å². The molecule has 320 valence electrons. The number of aromatic nitrogens is 2. The number of anilines is 3. The molecule has 0 atom stereocenters. The smallest absolute Gasteiger partial charge is 0.0541 e. The Bertz CT molecular complexity index is 3980. The van der Waals surface area contributed by atoms with Crippen molar-refractivity contribution in [2.24, 2.45) is 0 Å². The van der Waals surface area contributed by atoms with Crippen LogP contribution in [0.5, 0.6) is 0 Å². The molecule has 0 saturated heterocycles. The Balaban J connectivity index is 0.804. The Kier molecular flexibility index (Phi) is 9.40. The van der Waals surface area contributed by atoms with Crippen LogP contribution in [0.15, 0.2) is 255 Å². The van der Waals surface area contributed by atoms with Gasteiger partial charge in [0.2, 0.25) is 0 Å². The summed E-state index contributed by atoms with van der Waals surface area (Å²) in [6.45, 7) is 2.14. The number of fused-ring (bicyclic) bond motifs is 7. The van der Waals surface area contributed by atoms with Gasteiger partial charge >= 0.3 is 0 Å². The Morgan fingerprint density at radius 3 is 1.25 bits per heavy atom. The molecule has 0 N–H and O–H groups in total. The van der Waals surface area contributed by atoms with E-state index in [2.05, 4.69) is 276 Å². The number of para-hydroxylation sites is 3. The second-order valence-corrected chi connectivity index (χ2v) is 17.8. The summed E-state index contributed by atoms with van der Waals surface area (Å²) in [4.78, 5) is 2.37. The van der Waals surface area contributed by atoms with Gasteiger partial charge in [0.15, 0.2) is 0 Å². The second-order valence-electron chi connectivity index (χ2n) is 17.8. The summed E-state index contributed by atoms with van der Waals surface area (Å²) < 4.78 is 4.77. The number of rotatable bonds is 8. The van der Waals surface area contributed by atoms with Crippen molar-refractivity contribution in [2.75, 3.05) is 4.90 Å². The lowest BCUT2D eigenvalue weighted by Crippen LogP contribution is -2.10. The van der Waals surface area contributed by atoms with Gasteiger partial charge in [-0.25, -0.2) is 0 Å². The van der Waals surface area contributed by atoms with Gasteiger partial charge in [0, 0.05) is 49.7 Å². The number of nitrogens with zero attached hydrogens (tertiary/aromatic N) is 3. The molecule has 0 aliphatic rings. The first-order valence-corrected chi connectivity index (χ1v) is 23.4. The fourth-order valence-corrected chi connectivity index (χ4v) is 10.4. The molecular formula is C65H45N3. The lowest BCUT2D eigenvalue weighted by Gasteiger charge is -2.27. The summed E-state index contributed by atoms with van der Waals surface area (Å²) in [5.41, 5.74) is 19.0. The minimum atomic E-state index is 1.12. The molecule has 2 aromatic heterocycles. The van der Waals surface area contributed by atoms with E-state index >= 15 is 0 Å². The fraction of sp³-hybridized carbons (Fsp3) is 0.0154. The molecular weight excluding hydrogens is 823 g/mol. The molecule has 3 heteroatoms. The van der Waals surface area contributed by atoms with Crippen molar-refractivity contribution >= 4 is 71.4 Å². The predicted octanol–water partition coefficient (Wildman–Crippen LogP) is 17.8. The van der Waals surface area contributed by atoms with Gasteiger partial charge in [-0.3, -0.25) is 0 Å². The monoisotopic (exact) mass is 867 g/mol. The van der Waals surface area contributed by atoms with Gasteiger partial charge < -0.3 is 14.0 Å². The molecule has 0 aliphatic carbocycles. The standard InChI is InChI=1S/C65H45N3/c1-44-22-34-53(35-23-44)66(61-21-11-13-49-12-5-6-16-56(49)61)54-36-28-45(29-37-54)46-30-38-55(39-31-46)68-63-20-10-8-18-58(63)60-43-51(33-41-65(60)68)48-26-24-47(25-27-48)50-32-40-64-59(42-50)57-17-7-9-19-62(57)67(64)52-14-3-2-4-15-52/h2-43H,1H3. The highest BCUT2D eigenvalue weighted by Gasteiger charge is 2.18. The highest BCUT2D eigenvalue weighted by molar-refractivity contribution is 6.12. The lowest BCUT2D eigenvalue weighted by molar-refractivity contribution is 1.18. The molecule has 0 unspecified atom stereocenters. The number of hydrogen-bond acceptors (Lipinski definition) is 1. The van der Waals surface area contributed by atoms with Crippen molar-refractivity contribution in [3.8, 4) is 44.8 Å². The first kappa shape index (κ1) is 39.4. The van der Waals surface area contributed by atoms with Gasteiger partial charge in [-0.2, -0.15) is 0 Å².